The van der Waals surface area contributed by atoms with Gasteiger partial charge in [-0.25, -0.2) is 0 Å². The van der Waals surface area contributed by atoms with Crippen molar-refractivity contribution in [2.24, 2.45) is 11.8 Å². The number of carbonyl (C=O) groups is 1. The van der Waals surface area contributed by atoms with Crippen LogP contribution in [0.2, 0.25) is 0 Å². The summed E-state index contributed by atoms with van der Waals surface area (Å²) in [5.41, 5.74) is 0. The Kier molecular flexibility index (Phi) is 2.05. The second-order valence-corrected chi connectivity index (χ2v) is 4.02. The first-order valence-electron chi connectivity index (χ1n) is 4.73. The van der Waals surface area contributed by atoms with Gasteiger partial charge in [-0.1, -0.05) is 0 Å². The Balaban J connectivity index is 1.74. The normalized spacial score (nSPS) is 23.4. The molecule has 1 aliphatic heterocycles. The third-order valence-corrected chi connectivity index (χ3v) is 2.70. The molecule has 3 heteroatoms. The van der Waals surface area contributed by atoms with Crippen molar-refractivity contribution < 1.29 is 4.79 Å². The molecule has 1 heterocycles. The first-order chi connectivity index (χ1) is 5.77. The number of amides is 1. The smallest absolute Gasteiger partial charge is 0.225 e. The Morgan fingerprint density at radius 1 is 1.50 bits per heavy atom. The summed E-state index contributed by atoms with van der Waals surface area (Å²) < 4.78 is 0. The van der Waals surface area contributed by atoms with E-state index < -0.39 is 0 Å². The lowest BCUT2D eigenvalue weighted by molar-refractivity contribution is -0.132. The molecule has 0 atom stereocenters. The average Bonchev–Trinajstić information content (AvgIpc) is 2.77. The van der Waals surface area contributed by atoms with Crippen LogP contribution in [0.5, 0.6) is 0 Å². The van der Waals surface area contributed by atoms with E-state index in [0.29, 0.717) is 17.7 Å². The summed E-state index contributed by atoms with van der Waals surface area (Å²) in [4.78, 5) is 13.4. The van der Waals surface area contributed by atoms with Crippen LogP contribution < -0.4 is 5.32 Å². The number of nitrogens with one attached hydrogen (secondary N) is 1. The Morgan fingerprint density at radius 2 is 2.17 bits per heavy atom. The van der Waals surface area contributed by atoms with Crippen molar-refractivity contribution >= 4 is 5.91 Å². The molecule has 3 nitrogen and oxygen atoms in total. The molecule has 2 fully saturated rings. The lowest BCUT2D eigenvalue weighted by atomic mass is 10.0. The molecule has 1 saturated heterocycles. The van der Waals surface area contributed by atoms with Crippen LogP contribution in [0, 0.1) is 11.8 Å². The van der Waals surface area contributed by atoms with Crippen molar-refractivity contribution in [3.8, 4) is 0 Å². The fourth-order valence-electron chi connectivity index (χ4n) is 1.60. The Labute approximate surface area is 73.1 Å². The largest absolute Gasteiger partial charge is 0.345 e. The van der Waals surface area contributed by atoms with Gasteiger partial charge in [-0.2, -0.15) is 0 Å². The third-order valence-electron chi connectivity index (χ3n) is 2.70. The van der Waals surface area contributed by atoms with Gasteiger partial charge in [-0.15, -0.1) is 0 Å². The molecule has 0 aromatic heterocycles. The van der Waals surface area contributed by atoms with Crippen LogP contribution in [-0.2, 0) is 4.79 Å². The first kappa shape index (κ1) is 8.05. The van der Waals surface area contributed by atoms with E-state index in [1.165, 1.54) is 0 Å². The fourth-order valence-corrected chi connectivity index (χ4v) is 1.60. The van der Waals surface area contributed by atoms with Crippen LogP contribution in [0.3, 0.4) is 0 Å². The molecular weight excluding hydrogens is 152 g/mol. The molecule has 68 valence electrons. The molecular formula is C9H16N2O. The van der Waals surface area contributed by atoms with Gasteiger partial charge in [0.15, 0.2) is 0 Å². The van der Waals surface area contributed by atoms with Crippen LogP contribution in [0.15, 0.2) is 0 Å². The molecule has 0 aromatic carbocycles. The van der Waals surface area contributed by atoms with Gasteiger partial charge in [-0.05, 0) is 12.8 Å². The highest BCUT2D eigenvalue weighted by Crippen LogP contribution is 2.30. The number of hydrogen-bond acceptors (Lipinski definition) is 2. The van der Waals surface area contributed by atoms with Gasteiger partial charge in [0.25, 0.3) is 0 Å². The molecule has 0 unspecified atom stereocenters. The molecule has 1 amide bonds. The van der Waals surface area contributed by atoms with E-state index in [-0.39, 0.29) is 0 Å². The maximum absolute atomic E-state index is 11.5. The van der Waals surface area contributed by atoms with Gasteiger partial charge in [0.1, 0.15) is 0 Å². The SMILES string of the molecule is CN(CC1CNC1)C(=O)C1CC1. The van der Waals surface area contributed by atoms with Crippen molar-refractivity contribution in [3.63, 3.8) is 0 Å². The van der Waals surface area contributed by atoms with E-state index in [2.05, 4.69) is 5.32 Å². The molecule has 2 aliphatic rings. The second kappa shape index (κ2) is 3.05. The predicted molar refractivity (Wildman–Crippen MR) is 46.7 cm³/mol. The molecule has 1 saturated carbocycles. The highest BCUT2D eigenvalue weighted by molar-refractivity contribution is 5.80. The van der Waals surface area contributed by atoms with Crippen molar-refractivity contribution in [2.45, 2.75) is 12.8 Å². The predicted octanol–water partition coefficient (Wildman–Crippen LogP) is 0.0742. The van der Waals surface area contributed by atoms with E-state index in [0.717, 1.165) is 32.5 Å². The van der Waals surface area contributed by atoms with Crippen LogP contribution in [-0.4, -0.2) is 37.5 Å². The summed E-state index contributed by atoms with van der Waals surface area (Å²) in [5.74, 6) is 1.45. The quantitative estimate of drug-likeness (QED) is 0.647. The van der Waals surface area contributed by atoms with Crippen LogP contribution in [0.4, 0.5) is 0 Å². The first-order valence-corrected chi connectivity index (χ1v) is 4.73. The summed E-state index contributed by atoms with van der Waals surface area (Å²) >= 11 is 0. The molecule has 0 radical (unpaired) electrons. The van der Waals surface area contributed by atoms with E-state index in [1.54, 1.807) is 0 Å². The molecule has 1 N–H and O–H groups in total. The van der Waals surface area contributed by atoms with Gasteiger partial charge >= 0.3 is 0 Å². The van der Waals surface area contributed by atoms with E-state index in [9.17, 15) is 4.79 Å². The molecule has 1 aliphatic carbocycles. The van der Waals surface area contributed by atoms with Gasteiger partial charge in [-0.3, -0.25) is 4.79 Å². The topological polar surface area (TPSA) is 32.3 Å². The lowest BCUT2D eigenvalue weighted by Gasteiger charge is -2.31. The summed E-state index contributed by atoms with van der Waals surface area (Å²) in [6.07, 6.45) is 2.23. The maximum Gasteiger partial charge on any atom is 0.225 e. The van der Waals surface area contributed by atoms with Crippen molar-refractivity contribution in [1.82, 2.24) is 10.2 Å². The van der Waals surface area contributed by atoms with Crippen molar-refractivity contribution in [2.75, 3.05) is 26.7 Å². The summed E-state index contributed by atoms with van der Waals surface area (Å²) in [7, 11) is 1.93. The maximum atomic E-state index is 11.5. The highest BCUT2D eigenvalue weighted by Gasteiger charge is 2.33. The second-order valence-electron chi connectivity index (χ2n) is 4.02. The molecule has 0 bridgehead atoms. The van der Waals surface area contributed by atoms with Crippen molar-refractivity contribution in [1.29, 1.82) is 0 Å². The van der Waals surface area contributed by atoms with Crippen LogP contribution >= 0.6 is 0 Å². The standard InChI is InChI=1S/C9H16N2O/c1-11(6-7-4-10-5-7)9(12)8-2-3-8/h7-8,10H,2-6H2,1H3. The Hall–Kier alpha value is -0.570. The van der Waals surface area contributed by atoms with E-state index in [1.807, 2.05) is 11.9 Å². The molecule has 2 rings (SSSR count). The van der Waals surface area contributed by atoms with Gasteiger partial charge in [0.2, 0.25) is 5.91 Å². The minimum absolute atomic E-state index is 0.363. The minimum Gasteiger partial charge on any atom is -0.345 e. The average molecular weight is 168 g/mol. The van der Waals surface area contributed by atoms with Crippen LogP contribution in [0.1, 0.15) is 12.8 Å². The molecule has 12 heavy (non-hydrogen) atoms. The summed E-state index contributed by atoms with van der Waals surface area (Å²) in [5, 5.41) is 3.21. The third kappa shape index (κ3) is 1.61. The van der Waals surface area contributed by atoms with E-state index in [4.69, 9.17) is 0 Å². The zero-order valence-electron chi connectivity index (χ0n) is 7.55. The Bertz CT molecular complexity index is 185. The van der Waals surface area contributed by atoms with Gasteiger partial charge in [0.05, 0.1) is 0 Å². The van der Waals surface area contributed by atoms with E-state index >= 15 is 0 Å². The number of rotatable bonds is 3. The summed E-state index contributed by atoms with van der Waals surface area (Å²) in [6.45, 7) is 3.12. The zero-order valence-corrected chi connectivity index (χ0v) is 7.55. The van der Waals surface area contributed by atoms with Crippen LogP contribution in [0.25, 0.3) is 0 Å². The number of nitrogens with zero attached hydrogens (tertiary/aromatic N) is 1. The Morgan fingerprint density at radius 3 is 2.58 bits per heavy atom. The highest BCUT2D eigenvalue weighted by atomic mass is 16.2. The van der Waals surface area contributed by atoms with Crippen molar-refractivity contribution in [3.05, 3.63) is 0 Å². The number of hydrogen-bond donors (Lipinski definition) is 1. The number of carbonyl (C=O) groups excluding carboxylic acids is 1. The molecule has 0 aromatic rings. The monoisotopic (exact) mass is 168 g/mol. The molecule has 0 spiro atoms. The van der Waals surface area contributed by atoms with Gasteiger partial charge in [0, 0.05) is 38.5 Å². The summed E-state index contributed by atoms with van der Waals surface area (Å²) in [6, 6.07) is 0. The minimum atomic E-state index is 0.363. The zero-order chi connectivity index (χ0) is 8.55. The lowest BCUT2D eigenvalue weighted by Crippen LogP contribution is -2.48. The van der Waals surface area contributed by atoms with Gasteiger partial charge < -0.3 is 10.2 Å². The fraction of sp³-hybridized carbons (Fsp3) is 0.889.